The summed E-state index contributed by atoms with van der Waals surface area (Å²) in [4.78, 5) is 14.8. The lowest BCUT2D eigenvalue weighted by Crippen LogP contribution is -2.34. The summed E-state index contributed by atoms with van der Waals surface area (Å²) in [5, 5.41) is 5.49. The third kappa shape index (κ3) is 3.49. The van der Waals surface area contributed by atoms with E-state index in [9.17, 15) is 4.79 Å². The number of hydrogen-bond acceptors (Lipinski definition) is 4. The molecule has 2 aromatic carbocycles. The second kappa shape index (κ2) is 7.54. The van der Waals surface area contributed by atoms with Gasteiger partial charge in [-0.15, -0.1) is 0 Å². The molecule has 0 saturated carbocycles. The van der Waals surface area contributed by atoms with Crippen LogP contribution in [0.4, 0.5) is 0 Å². The summed E-state index contributed by atoms with van der Waals surface area (Å²) < 4.78 is 5.33. The first-order valence-electron chi connectivity index (χ1n) is 9.00. The normalized spacial score (nSPS) is 18.0. The molecule has 5 heteroatoms. The second-order valence-electron chi connectivity index (χ2n) is 6.69. The minimum atomic E-state index is 0.134. The fourth-order valence-corrected chi connectivity index (χ4v) is 4.86. The highest BCUT2D eigenvalue weighted by atomic mass is 32.2. The molecule has 0 aliphatic carbocycles. The molecule has 0 spiro atoms. The molecule has 1 aromatic heterocycles. The maximum absolute atomic E-state index is 12.8. The van der Waals surface area contributed by atoms with Crippen molar-refractivity contribution in [2.24, 2.45) is 0 Å². The SMILES string of the molecule is Cc1ccccc1C1CCN(C(=O)Cc2noc3ccccc23)CCS1. The molecule has 1 unspecified atom stereocenters. The average molecular weight is 366 g/mol. The fraction of sp³-hybridized carbons (Fsp3) is 0.333. The highest BCUT2D eigenvalue weighted by Crippen LogP contribution is 2.36. The van der Waals surface area contributed by atoms with Gasteiger partial charge < -0.3 is 9.42 Å². The highest BCUT2D eigenvalue weighted by Gasteiger charge is 2.24. The Balaban J connectivity index is 1.44. The number of benzene rings is 2. The molecule has 134 valence electrons. The Morgan fingerprint density at radius 1 is 1.19 bits per heavy atom. The van der Waals surface area contributed by atoms with E-state index < -0.39 is 0 Å². The number of aromatic nitrogens is 1. The monoisotopic (exact) mass is 366 g/mol. The molecule has 26 heavy (non-hydrogen) atoms. The summed E-state index contributed by atoms with van der Waals surface area (Å²) in [6.07, 6.45) is 1.29. The number of fused-ring (bicyclic) bond motifs is 1. The lowest BCUT2D eigenvalue weighted by atomic mass is 10.0. The number of hydrogen-bond donors (Lipinski definition) is 0. The Morgan fingerprint density at radius 3 is 2.88 bits per heavy atom. The van der Waals surface area contributed by atoms with Crippen LogP contribution < -0.4 is 0 Å². The molecule has 0 radical (unpaired) electrons. The molecule has 1 atom stereocenters. The zero-order chi connectivity index (χ0) is 17.9. The van der Waals surface area contributed by atoms with E-state index in [1.54, 1.807) is 0 Å². The van der Waals surface area contributed by atoms with E-state index >= 15 is 0 Å². The van der Waals surface area contributed by atoms with Crippen LogP contribution in [0.25, 0.3) is 11.0 Å². The third-order valence-corrected chi connectivity index (χ3v) is 6.31. The van der Waals surface area contributed by atoms with Gasteiger partial charge in [0.25, 0.3) is 0 Å². The molecule has 4 rings (SSSR count). The van der Waals surface area contributed by atoms with Crippen molar-refractivity contribution >= 4 is 28.6 Å². The van der Waals surface area contributed by atoms with Crippen LogP contribution >= 0.6 is 11.8 Å². The first-order chi connectivity index (χ1) is 12.7. The number of thioether (sulfide) groups is 1. The maximum atomic E-state index is 12.8. The van der Waals surface area contributed by atoms with Crippen molar-refractivity contribution in [3.63, 3.8) is 0 Å². The number of carbonyl (C=O) groups excluding carboxylic acids is 1. The van der Waals surface area contributed by atoms with Crippen molar-refractivity contribution in [2.45, 2.75) is 25.0 Å². The topological polar surface area (TPSA) is 46.3 Å². The Morgan fingerprint density at radius 2 is 2.00 bits per heavy atom. The minimum absolute atomic E-state index is 0.134. The van der Waals surface area contributed by atoms with E-state index in [2.05, 4.69) is 36.3 Å². The van der Waals surface area contributed by atoms with Gasteiger partial charge in [0.1, 0.15) is 5.69 Å². The van der Waals surface area contributed by atoms with Crippen LogP contribution in [0.1, 0.15) is 28.5 Å². The summed E-state index contributed by atoms with van der Waals surface area (Å²) in [6, 6.07) is 16.3. The van der Waals surface area contributed by atoms with Gasteiger partial charge in [-0.25, -0.2) is 0 Å². The van der Waals surface area contributed by atoms with Gasteiger partial charge in [0.2, 0.25) is 5.91 Å². The van der Waals surface area contributed by atoms with Crippen molar-refractivity contribution in [1.29, 1.82) is 0 Å². The molecule has 1 aliphatic rings. The summed E-state index contributed by atoms with van der Waals surface area (Å²) in [6.45, 7) is 3.75. The average Bonchev–Trinajstić information content (AvgIpc) is 2.90. The molecule has 0 bridgehead atoms. The van der Waals surface area contributed by atoms with Crippen LogP contribution in [0.2, 0.25) is 0 Å². The molecule has 3 aromatic rings. The lowest BCUT2D eigenvalue weighted by molar-refractivity contribution is -0.130. The van der Waals surface area contributed by atoms with Gasteiger partial charge in [-0.2, -0.15) is 11.8 Å². The van der Waals surface area contributed by atoms with Crippen molar-refractivity contribution < 1.29 is 9.32 Å². The van der Waals surface area contributed by atoms with Gasteiger partial charge in [-0.05, 0) is 36.6 Å². The number of amides is 1. The van der Waals surface area contributed by atoms with Gasteiger partial charge in [-0.1, -0.05) is 41.6 Å². The predicted octanol–water partition coefficient (Wildman–Crippen LogP) is 4.39. The molecule has 1 aliphatic heterocycles. The molecular formula is C21H22N2O2S. The fourth-order valence-electron chi connectivity index (χ4n) is 3.54. The largest absolute Gasteiger partial charge is 0.356 e. The Bertz CT molecular complexity index is 921. The van der Waals surface area contributed by atoms with Gasteiger partial charge in [0, 0.05) is 29.5 Å². The number of para-hydroxylation sites is 1. The molecular weight excluding hydrogens is 344 g/mol. The van der Waals surface area contributed by atoms with Gasteiger partial charge in [0.15, 0.2) is 5.58 Å². The standard InChI is InChI=1S/C21H22N2O2S/c1-15-6-2-3-7-16(15)20-10-11-23(12-13-26-20)21(24)14-18-17-8-4-5-9-19(17)25-22-18/h2-9,20H,10-14H2,1H3. The minimum Gasteiger partial charge on any atom is -0.356 e. The van der Waals surface area contributed by atoms with E-state index in [0.717, 1.165) is 41.9 Å². The Kier molecular flexibility index (Phi) is 4.98. The van der Waals surface area contributed by atoms with E-state index in [1.165, 1.54) is 11.1 Å². The smallest absolute Gasteiger partial charge is 0.228 e. The lowest BCUT2D eigenvalue weighted by Gasteiger charge is -2.20. The highest BCUT2D eigenvalue weighted by molar-refractivity contribution is 7.99. The van der Waals surface area contributed by atoms with E-state index in [-0.39, 0.29) is 5.91 Å². The number of aryl methyl sites for hydroxylation is 1. The van der Waals surface area contributed by atoms with Gasteiger partial charge >= 0.3 is 0 Å². The zero-order valence-corrected chi connectivity index (χ0v) is 15.7. The zero-order valence-electron chi connectivity index (χ0n) is 14.9. The van der Waals surface area contributed by atoms with Crippen LogP contribution in [-0.2, 0) is 11.2 Å². The van der Waals surface area contributed by atoms with Crippen molar-refractivity contribution in [3.05, 3.63) is 65.4 Å². The van der Waals surface area contributed by atoms with Crippen LogP contribution in [0.15, 0.2) is 53.1 Å². The first-order valence-corrected chi connectivity index (χ1v) is 10.1. The quantitative estimate of drug-likeness (QED) is 0.690. The summed E-state index contributed by atoms with van der Waals surface area (Å²) in [7, 11) is 0. The number of nitrogens with zero attached hydrogens (tertiary/aromatic N) is 2. The Labute approximate surface area is 157 Å². The van der Waals surface area contributed by atoms with Crippen molar-refractivity contribution in [1.82, 2.24) is 10.1 Å². The van der Waals surface area contributed by atoms with E-state index in [0.29, 0.717) is 11.7 Å². The van der Waals surface area contributed by atoms with Crippen LogP contribution in [0, 0.1) is 6.92 Å². The van der Waals surface area contributed by atoms with Gasteiger partial charge in [0.05, 0.1) is 6.42 Å². The van der Waals surface area contributed by atoms with Gasteiger partial charge in [-0.3, -0.25) is 4.79 Å². The van der Waals surface area contributed by atoms with Crippen LogP contribution in [-0.4, -0.2) is 34.8 Å². The first kappa shape index (κ1) is 17.2. The maximum Gasteiger partial charge on any atom is 0.228 e. The molecule has 2 heterocycles. The van der Waals surface area contributed by atoms with E-state index in [4.69, 9.17) is 4.52 Å². The van der Waals surface area contributed by atoms with Crippen LogP contribution in [0.3, 0.4) is 0 Å². The second-order valence-corrected chi connectivity index (χ2v) is 8.00. The number of carbonyl (C=O) groups is 1. The van der Waals surface area contributed by atoms with Crippen molar-refractivity contribution in [3.8, 4) is 0 Å². The molecule has 1 saturated heterocycles. The van der Waals surface area contributed by atoms with Crippen LogP contribution in [0.5, 0.6) is 0 Å². The predicted molar refractivity (Wildman–Crippen MR) is 105 cm³/mol. The molecule has 0 N–H and O–H groups in total. The summed E-state index contributed by atoms with van der Waals surface area (Å²) in [5.41, 5.74) is 4.20. The van der Waals surface area contributed by atoms with Crippen molar-refractivity contribution in [2.75, 3.05) is 18.8 Å². The Hall–Kier alpha value is -2.27. The molecule has 1 amide bonds. The third-order valence-electron chi connectivity index (χ3n) is 5.00. The summed E-state index contributed by atoms with van der Waals surface area (Å²) in [5.74, 6) is 1.10. The molecule has 1 fully saturated rings. The molecule has 4 nitrogen and oxygen atoms in total. The van der Waals surface area contributed by atoms with E-state index in [1.807, 2.05) is 40.9 Å². The number of rotatable bonds is 3. The summed E-state index contributed by atoms with van der Waals surface area (Å²) >= 11 is 1.95.